The van der Waals surface area contributed by atoms with E-state index >= 15 is 0 Å². The Balaban J connectivity index is 2.09. The molecule has 6 nitrogen and oxygen atoms in total. The van der Waals surface area contributed by atoms with Crippen LogP contribution in [-0.2, 0) is 14.8 Å². The zero-order valence-corrected chi connectivity index (χ0v) is 16.4. The molecule has 0 aliphatic carbocycles. The number of nitrogens with one attached hydrogen (secondary N) is 2. The van der Waals surface area contributed by atoms with Crippen LogP contribution in [0.25, 0.3) is 0 Å². The van der Waals surface area contributed by atoms with Crippen molar-refractivity contribution in [1.29, 1.82) is 0 Å². The molecular weight excluding hydrogens is 372 g/mol. The maximum Gasteiger partial charge on any atom is 0.240 e. The molecule has 3 N–H and O–H groups in total. The predicted octanol–water partition coefficient (Wildman–Crippen LogP) is 2.69. The summed E-state index contributed by atoms with van der Waals surface area (Å²) in [6, 6.07) is 11.9. The summed E-state index contributed by atoms with van der Waals surface area (Å²) in [6.07, 6.45) is 1.01. The van der Waals surface area contributed by atoms with Gasteiger partial charge in [-0.1, -0.05) is 12.1 Å². The van der Waals surface area contributed by atoms with Gasteiger partial charge < -0.3 is 10.4 Å². The highest BCUT2D eigenvalue weighted by Gasteiger charge is 2.19. The van der Waals surface area contributed by atoms with Crippen LogP contribution in [-0.4, -0.2) is 32.2 Å². The van der Waals surface area contributed by atoms with Gasteiger partial charge in [0.1, 0.15) is 0 Å². The lowest BCUT2D eigenvalue weighted by Crippen LogP contribution is -2.29. The number of sulfonamides is 1. The third-order valence-corrected chi connectivity index (χ3v) is 6.08. The molecule has 1 atom stereocenters. The van der Waals surface area contributed by atoms with Gasteiger partial charge >= 0.3 is 0 Å². The first kappa shape index (κ1) is 20.4. The summed E-state index contributed by atoms with van der Waals surface area (Å²) in [5.74, 6) is -0.228. The number of carbonyl (C=O) groups excluding carboxylic acids is 1. The minimum atomic E-state index is -3.78. The van der Waals surface area contributed by atoms with Crippen molar-refractivity contribution in [2.45, 2.75) is 29.7 Å². The Morgan fingerprint density at radius 1 is 1.19 bits per heavy atom. The minimum absolute atomic E-state index is 0.108. The molecule has 0 radical (unpaired) electrons. The molecule has 2 aromatic rings. The average Bonchev–Trinajstić information content (AvgIpc) is 2.59. The van der Waals surface area contributed by atoms with Crippen LogP contribution in [0.15, 0.2) is 52.3 Å². The SMILES string of the molecule is CSc1ccc(C(O)CNS(=O)(=O)c2ccc(NC(C)=O)cc2C)cc1. The summed E-state index contributed by atoms with van der Waals surface area (Å²) in [7, 11) is -3.78. The highest BCUT2D eigenvalue weighted by molar-refractivity contribution is 7.98. The fraction of sp³-hybridized carbons (Fsp3) is 0.278. The van der Waals surface area contributed by atoms with E-state index in [1.165, 1.54) is 19.1 Å². The van der Waals surface area contributed by atoms with Crippen molar-refractivity contribution in [1.82, 2.24) is 4.72 Å². The Morgan fingerprint density at radius 2 is 1.85 bits per heavy atom. The number of benzene rings is 2. The van der Waals surface area contributed by atoms with E-state index in [-0.39, 0.29) is 17.3 Å². The Morgan fingerprint density at radius 3 is 2.38 bits per heavy atom. The van der Waals surface area contributed by atoms with Gasteiger partial charge in [0.2, 0.25) is 15.9 Å². The Hall–Kier alpha value is -1.87. The van der Waals surface area contributed by atoms with Crippen LogP contribution >= 0.6 is 11.8 Å². The monoisotopic (exact) mass is 394 g/mol. The Labute approximate surface area is 158 Å². The number of carbonyl (C=O) groups is 1. The highest BCUT2D eigenvalue weighted by atomic mass is 32.2. The summed E-state index contributed by atoms with van der Waals surface area (Å²) in [6.45, 7) is 2.90. The molecule has 0 heterocycles. The van der Waals surface area contributed by atoms with E-state index < -0.39 is 16.1 Å². The molecular formula is C18H22N2O4S2. The predicted molar refractivity (Wildman–Crippen MR) is 104 cm³/mol. The molecule has 0 bridgehead atoms. The number of anilines is 1. The van der Waals surface area contributed by atoms with E-state index in [0.717, 1.165) is 4.90 Å². The molecule has 1 amide bonds. The van der Waals surface area contributed by atoms with E-state index in [4.69, 9.17) is 0 Å². The van der Waals surface area contributed by atoms with Gasteiger partial charge in [0.25, 0.3) is 0 Å². The summed E-state index contributed by atoms with van der Waals surface area (Å²) in [5, 5.41) is 12.8. The molecule has 8 heteroatoms. The van der Waals surface area contributed by atoms with Crippen LogP contribution in [0, 0.1) is 6.92 Å². The van der Waals surface area contributed by atoms with Crippen LogP contribution in [0.5, 0.6) is 0 Å². The molecule has 0 aliphatic heterocycles. The molecule has 140 valence electrons. The molecule has 26 heavy (non-hydrogen) atoms. The standard InChI is InChI=1S/C18H22N2O4S2/c1-12-10-15(20-13(2)21)6-9-18(12)26(23,24)19-11-17(22)14-4-7-16(25-3)8-5-14/h4-10,17,19,22H,11H2,1-3H3,(H,20,21). The number of hydrogen-bond donors (Lipinski definition) is 3. The molecule has 0 aliphatic rings. The number of rotatable bonds is 7. The van der Waals surface area contributed by atoms with Crippen LogP contribution in [0.2, 0.25) is 0 Å². The summed E-state index contributed by atoms with van der Waals surface area (Å²) >= 11 is 1.59. The Bertz CT molecular complexity index is 881. The smallest absolute Gasteiger partial charge is 0.240 e. The number of thioether (sulfide) groups is 1. The average molecular weight is 395 g/mol. The van der Waals surface area contributed by atoms with Gasteiger partial charge in [-0.25, -0.2) is 13.1 Å². The topological polar surface area (TPSA) is 95.5 Å². The van der Waals surface area contributed by atoms with E-state index in [9.17, 15) is 18.3 Å². The van der Waals surface area contributed by atoms with Crippen LogP contribution in [0.1, 0.15) is 24.2 Å². The van der Waals surface area contributed by atoms with Gasteiger partial charge in [0, 0.05) is 24.1 Å². The molecule has 0 saturated carbocycles. The quantitative estimate of drug-likeness (QED) is 0.628. The van der Waals surface area contributed by atoms with Gasteiger partial charge in [-0.15, -0.1) is 11.8 Å². The van der Waals surface area contributed by atoms with Crippen molar-refractivity contribution >= 4 is 33.4 Å². The maximum absolute atomic E-state index is 12.5. The fourth-order valence-electron chi connectivity index (χ4n) is 2.44. The molecule has 0 saturated heterocycles. The first-order valence-corrected chi connectivity index (χ1v) is 10.6. The number of aryl methyl sites for hydroxylation is 1. The summed E-state index contributed by atoms with van der Waals surface area (Å²) < 4.78 is 27.5. The normalized spacial score (nSPS) is 12.6. The number of amides is 1. The minimum Gasteiger partial charge on any atom is -0.387 e. The largest absolute Gasteiger partial charge is 0.387 e. The molecule has 0 spiro atoms. The van der Waals surface area contributed by atoms with Crippen molar-refractivity contribution in [3.8, 4) is 0 Å². The zero-order valence-electron chi connectivity index (χ0n) is 14.8. The first-order chi connectivity index (χ1) is 12.2. The molecule has 0 aromatic heterocycles. The van der Waals surface area contributed by atoms with Crippen molar-refractivity contribution in [2.24, 2.45) is 0 Å². The van der Waals surface area contributed by atoms with Gasteiger partial charge in [-0.2, -0.15) is 0 Å². The van der Waals surface area contributed by atoms with Crippen molar-refractivity contribution < 1.29 is 18.3 Å². The maximum atomic E-state index is 12.5. The third-order valence-electron chi connectivity index (χ3n) is 3.75. The lowest BCUT2D eigenvalue weighted by atomic mass is 10.1. The second-order valence-electron chi connectivity index (χ2n) is 5.80. The van der Waals surface area contributed by atoms with Gasteiger partial charge in [0.05, 0.1) is 11.0 Å². The molecule has 2 aromatic carbocycles. The van der Waals surface area contributed by atoms with E-state index in [2.05, 4.69) is 10.0 Å². The molecule has 2 rings (SSSR count). The Kier molecular flexibility index (Phi) is 6.82. The molecule has 1 unspecified atom stereocenters. The zero-order chi connectivity index (χ0) is 19.3. The lowest BCUT2D eigenvalue weighted by Gasteiger charge is -2.15. The van der Waals surface area contributed by atoms with Crippen molar-refractivity contribution in [2.75, 3.05) is 18.1 Å². The first-order valence-electron chi connectivity index (χ1n) is 7.93. The third kappa shape index (κ3) is 5.31. The number of hydrogen-bond acceptors (Lipinski definition) is 5. The van der Waals surface area contributed by atoms with Crippen LogP contribution in [0.4, 0.5) is 5.69 Å². The van der Waals surface area contributed by atoms with E-state index in [1.54, 1.807) is 36.9 Å². The second-order valence-corrected chi connectivity index (χ2v) is 8.42. The summed E-state index contributed by atoms with van der Waals surface area (Å²) in [5.41, 5.74) is 1.67. The lowest BCUT2D eigenvalue weighted by molar-refractivity contribution is -0.114. The number of aliphatic hydroxyl groups is 1. The summed E-state index contributed by atoms with van der Waals surface area (Å²) in [4.78, 5) is 12.3. The van der Waals surface area contributed by atoms with Crippen LogP contribution < -0.4 is 10.0 Å². The highest BCUT2D eigenvalue weighted by Crippen LogP contribution is 2.21. The van der Waals surface area contributed by atoms with Gasteiger partial charge in [-0.3, -0.25) is 4.79 Å². The fourth-order valence-corrected chi connectivity index (χ4v) is 4.11. The van der Waals surface area contributed by atoms with Crippen molar-refractivity contribution in [3.05, 3.63) is 53.6 Å². The number of aliphatic hydroxyl groups excluding tert-OH is 1. The van der Waals surface area contributed by atoms with Crippen LogP contribution in [0.3, 0.4) is 0 Å². The molecule has 0 fully saturated rings. The van der Waals surface area contributed by atoms with Gasteiger partial charge in [-0.05, 0) is 54.6 Å². The van der Waals surface area contributed by atoms with Gasteiger partial charge in [0.15, 0.2) is 0 Å². The van der Waals surface area contributed by atoms with Crippen molar-refractivity contribution in [3.63, 3.8) is 0 Å². The van der Waals surface area contributed by atoms with E-state index in [0.29, 0.717) is 16.8 Å². The van der Waals surface area contributed by atoms with E-state index in [1.807, 2.05) is 18.4 Å². The second kappa shape index (κ2) is 8.68.